The number of nitrogens with two attached hydrogens (primary N) is 1. The maximum atomic E-state index is 13.4. The highest BCUT2D eigenvalue weighted by Crippen LogP contribution is 2.28. The molecule has 0 radical (unpaired) electrons. The van der Waals surface area contributed by atoms with Gasteiger partial charge in [-0.15, -0.1) is 0 Å². The number of hydrogen-bond acceptors (Lipinski definition) is 1. The molecule has 2 aromatic carbocycles. The molecule has 1 atom stereocenters. The molecule has 5 heteroatoms. The van der Waals surface area contributed by atoms with Crippen molar-refractivity contribution in [3.05, 3.63) is 66.4 Å². The highest BCUT2D eigenvalue weighted by Gasteiger charge is 2.14. The Labute approximate surface area is 138 Å². The van der Waals surface area contributed by atoms with Crippen molar-refractivity contribution in [2.75, 3.05) is 0 Å². The van der Waals surface area contributed by atoms with E-state index in [4.69, 9.17) is 17.3 Å². The molecular formula is C14H11BrClFIN. The van der Waals surface area contributed by atoms with Gasteiger partial charge in [0.15, 0.2) is 0 Å². The maximum absolute atomic E-state index is 13.4. The number of halogens is 4. The second-order valence-electron chi connectivity index (χ2n) is 4.19. The predicted molar refractivity (Wildman–Crippen MR) is 88.9 cm³/mol. The van der Waals surface area contributed by atoms with E-state index in [2.05, 4.69) is 38.5 Å². The molecule has 2 aromatic rings. The van der Waals surface area contributed by atoms with Gasteiger partial charge in [0.2, 0.25) is 0 Å². The molecule has 0 spiro atoms. The number of hydrogen-bond donors (Lipinski definition) is 1. The maximum Gasteiger partial charge on any atom is 0.142 e. The third-order valence-corrected chi connectivity index (χ3v) is 4.73. The smallest absolute Gasteiger partial charge is 0.142 e. The summed E-state index contributed by atoms with van der Waals surface area (Å²) in [4.78, 5) is 0. The van der Waals surface area contributed by atoms with Crippen LogP contribution in [0.2, 0.25) is 5.02 Å². The average Bonchev–Trinajstić information content (AvgIpc) is 2.38. The lowest BCUT2D eigenvalue weighted by Gasteiger charge is -2.15. The zero-order chi connectivity index (χ0) is 14.0. The van der Waals surface area contributed by atoms with Crippen LogP contribution in [0.15, 0.2) is 40.9 Å². The van der Waals surface area contributed by atoms with Crippen LogP contribution in [0.1, 0.15) is 17.2 Å². The third-order valence-electron chi connectivity index (χ3n) is 2.83. The van der Waals surface area contributed by atoms with Crippen molar-refractivity contribution in [2.45, 2.75) is 12.5 Å². The van der Waals surface area contributed by atoms with Crippen LogP contribution in [-0.4, -0.2) is 0 Å². The van der Waals surface area contributed by atoms with Crippen molar-refractivity contribution in [3.63, 3.8) is 0 Å². The molecule has 0 heterocycles. The first-order valence-corrected chi connectivity index (χ1v) is 7.87. The zero-order valence-corrected chi connectivity index (χ0v) is 14.3. The molecule has 0 saturated carbocycles. The standard InChI is InChI=1S/C14H11BrClFIN/c15-9-4-5-12(18)10(7-9)13(19)6-8-2-1-3-11(17)14(8)16/h1-5,7,13H,6,19H2. The predicted octanol–water partition coefficient (Wildman–Crippen LogP) is 5.09. The summed E-state index contributed by atoms with van der Waals surface area (Å²) in [6.07, 6.45) is 0.503. The topological polar surface area (TPSA) is 26.0 Å². The second-order valence-corrected chi connectivity index (χ2v) is 6.65. The summed E-state index contributed by atoms with van der Waals surface area (Å²) in [5.41, 5.74) is 7.96. The van der Waals surface area contributed by atoms with E-state index >= 15 is 0 Å². The lowest BCUT2D eigenvalue weighted by atomic mass is 10.00. The van der Waals surface area contributed by atoms with Gasteiger partial charge in [0.05, 0.1) is 5.02 Å². The fourth-order valence-electron chi connectivity index (χ4n) is 1.85. The molecule has 0 aliphatic carbocycles. The molecule has 2 rings (SSSR count). The minimum atomic E-state index is -0.407. The normalized spacial score (nSPS) is 12.5. The third kappa shape index (κ3) is 3.68. The molecule has 0 amide bonds. The van der Waals surface area contributed by atoms with Crippen LogP contribution in [-0.2, 0) is 6.42 Å². The molecule has 0 aromatic heterocycles. The fraction of sp³-hybridized carbons (Fsp3) is 0.143. The summed E-state index contributed by atoms with van der Waals surface area (Å²) in [6.45, 7) is 0. The van der Waals surface area contributed by atoms with E-state index in [0.717, 1.165) is 19.2 Å². The molecule has 100 valence electrons. The first-order valence-electron chi connectivity index (χ1n) is 5.62. The van der Waals surface area contributed by atoms with Crippen molar-refractivity contribution in [1.29, 1.82) is 0 Å². The molecule has 0 aliphatic rings. The van der Waals surface area contributed by atoms with Crippen molar-refractivity contribution in [2.24, 2.45) is 5.73 Å². The van der Waals surface area contributed by atoms with Gasteiger partial charge < -0.3 is 5.73 Å². The lowest BCUT2D eigenvalue weighted by molar-refractivity contribution is 0.622. The van der Waals surface area contributed by atoms with Gasteiger partial charge in [-0.2, -0.15) is 0 Å². The van der Waals surface area contributed by atoms with Gasteiger partial charge in [-0.1, -0.05) is 39.7 Å². The summed E-state index contributed by atoms with van der Waals surface area (Å²) in [5, 5.41) is 0.156. The molecule has 0 aliphatic heterocycles. The van der Waals surface area contributed by atoms with Crippen molar-refractivity contribution >= 4 is 50.1 Å². The number of rotatable bonds is 3. The van der Waals surface area contributed by atoms with Gasteiger partial charge >= 0.3 is 0 Å². The number of benzene rings is 2. The van der Waals surface area contributed by atoms with Gasteiger partial charge in [-0.05, 0) is 64.4 Å². The minimum Gasteiger partial charge on any atom is -0.324 e. The SMILES string of the molecule is NC(Cc1cccc(F)c1Cl)c1cc(Br)ccc1I. The second kappa shape index (κ2) is 6.52. The first-order chi connectivity index (χ1) is 8.99. The van der Waals surface area contributed by atoms with E-state index in [9.17, 15) is 4.39 Å². The highest BCUT2D eigenvalue weighted by molar-refractivity contribution is 14.1. The summed E-state index contributed by atoms with van der Waals surface area (Å²) in [7, 11) is 0. The van der Waals surface area contributed by atoms with Gasteiger partial charge in [0.25, 0.3) is 0 Å². The van der Waals surface area contributed by atoms with Gasteiger partial charge in [-0.3, -0.25) is 0 Å². The van der Waals surface area contributed by atoms with Crippen LogP contribution in [0, 0.1) is 9.39 Å². The molecule has 2 N–H and O–H groups in total. The van der Waals surface area contributed by atoms with Crippen LogP contribution < -0.4 is 5.73 Å². The van der Waals surface area contributed by atoms with Crippen molar-refractivity contribution in [1.82, 2.24) is 0 Å². The zero-order valence-electron chi connectivity index (χ0n) is 9.84. The van der Waals surface area contributed by atoms with Crippen LogP contribution in [0.4, 0.5) is 4.39 Å². The Balaban J connectivity index is 2.28. The van der Waals surface area contributed by atoms with E-state index in [1.54, 1.807) is 12.1 Å². The average molecular weight is 455 g/mol. The summed E-state index contributed by atoms with van der Waals surface area (Å²) < 4.78 is 15.5. The monoisotopic (exact) mass is 453 g/mol. The van der Waals surface area contributed by atoms with Crippen LogP contribution in [0.3, 0.4) is 0 Å². The Morgan fingerprint density at radius 3 is 2.79 bits per heavy atom. The summed E-state index contributed by atoms with van der Waals surface area (Å²) in [5.74, 6) is -0.407. The van der Waals surface area contributed by atoms with E-state index in [-0.39, 0.29) is 11.1 Å². The van der Waals surface area contributed by atoms with E-state index in [1.165, 1.54) is 6.07 Å². The molecule has 1 nitrogen and oxygen atoms in total. The van der Waals surface area contributed by atoms with E-state index in [0.29, 0.717) is 6.42 Å². The molecule has 0 bridgehead atoms. The Morgan fingerprint density at radius 2 is 2.05 bits per heavy atom. The molecule has 0 fully saturated rings. The molecule has 1 unspecified atom stereocenters. The Morgan fingerprint density at radius 1 is 1.32 bits per heavy atom. The molecular weight excluding hydrogens is 443 g/mol. The quantitative estimate of drug-likeness (QED) is 0.643. The Kier molecular flexibility index (Phi) is 5.22. The van der Waals surface area contributed by atoms with E-state index in [1.807, 2.05) is 18.2 Å². The summed E-state index contributed by atoms with van der Waals surface area (Å²) >= 11 is 11.6. The fourth-order valence-corrected chi connectivity index (χ4v) is 3.17. The minimum absolute atomic E-state index is 0.156. The molecule has 0 saturated heterocycles. The lowest BCUT2D eigenvalue weighted by Crippen LogP contribution is -2.15. The van der Waals surface area contributed by atoms with E-state index < -0.39 is 5.82 Å². The highest BCUT2D eigenvalue weighted by atomic mass is 127. The van der Waals surface area contributed by atoms with Crippen LogP contribution in [0.5, 0.6) is 0 Å². The molecule has 19 heavy (non-hydrogen) atoms. The summed E-state index contributed by atoms with van der Waals surface area (Å²) in [6, 6.07) is 10.5. The van der Waals surface area contributed by atoms with Crippen molar-refractivity contribution in [3.8, 4) is 0 Å². The first kappa shape index (κ1) is 15.2. The van der Waals surface area contributed by atoms with Gasteiger partial charge in [0, 0.05) is 14.1 Å². The van der Waals surface area contributed by atoms with Crippen LogP contribution in [0.25, 0.3) is 0 Å². The van der Waals surface area contributed by atoms with Crippen molar-refractivity contribution < 1.29 is 4.39 Å². The van der Waals surface area contributed by atoms with Crippen LogP contribution >= 0.6 is 50.1 Å². The Hall–Kier alpha value is -0.170. The Bertz CT molecular complexity index is 606. The van der Waals surface area contributed by atoms with Gasteiger partial charge in [-0.25, -0.2) is 4.39 Å². The largest absolute Gasteiger partial charge is 0.324 e. The van der Waals surface area contributed by atoms with Gasteiger partial charge in [0.1, 0.15) is 5.82 Å².